The van der Waals surface area contributed by atoms with Crippen LogP contribution in [0.25, 0.3) is 0 Å². The lowest BCUT2D eigenvalue weighted by Crippen LogP contribution is -2.41. The Kier molecular flexibility index (Phi) is 7.92. The SMILES string of the molecule is CCOc1cc([C@@H]2C(C(=O)OCCc3ccccc3)=C(C)N=C3C[C@@H](c4ccccc4)CC(=O)C32)ccc1O. The van der Waals surface area contributed by atoms with Crippen LogP contribution in [-0.2, 0) is 20.7 Å². The Morgan fingerprint density at radius 2 is 1.67 bits per heavy atom. The summed E-state index contributed by atoms with van der Waals surface area (Å²) in [6, 6.07) is 24.9. The number of carbonyl (C=O) groups is 2. The fourth-order valence-corrected chi connectivity index (χ4v) is 5.74. The zero-order chi connectivity index (χ0) is 27.4. The predicted molar refractivity (Wildman–Crippen MR) is 150 cm³/mol. The molecule has 0 amide bonds. The molecular formula is C33H33NO5. The summed E-state index contributed by atoms with van der Waals surface area (Å²) in [5, 5.41) is 10.3. The first-order valence-electron chi connectivity index (χ1n) is 13.5. The molecule has 3 aromatic carbocycles. The van der Waals surface area contributed by atoms with Gasteiger partial charge in [-0.15, -0.1) is 0 Å². The highest BCUT2D eigenvalue weighted by Crippen LogP contribution is 2.47. The zero-order valence-corrected chi connectivity index (χ0v) is 22.3. The molecule has 2 aliphatic rings. The summed E-state index contributed by atoms with van der Waals surface area (Å²) in [6.07, 6.45) is 1.60. The molecular weight excluding hydrogens is 490 g/mol. The topological polar surface area (TPSA) is 85.2 Å². The fourth-order valence-electron chi connectivity index (χ4n) is 5.74. The Bertz CT molecular complexity index is 1410. The van der Waals surface area contributed by atoms with Gasteiger partial charge in [-0.2, -0.15) is 0 Å². The lowest BCUT2D eigenvalue weighted by atomic mass is 9.66. The Morgan fingerprint density at radius 1 is 0.949 bits per heavy atom. The van der Waals surface area contributed by atoms with Crippen molar-refractivity contribution in [2.45, 2.75) is 44.9 Å². The minimum absolute atomic E-state index is 0.0112. The number of hydrogen-bond acceptors (Lipinski definition) is 6. The molecule has 1 aliphatic heterocycles. The van der Waals surface area contributed by atoms with Gasteiger partial charge in [0.25, 0.3) is 0 Å². The summed E-state index contributed by atoms with van der Waals surface area (Å²) >= 11 is 0. The molecule has 3 aromatic rings. The number of hydrogen-bond donors (Lipinski definition) is 1. The highest BCUT2D eigenvalue weighted by molar-refractivity contribution is 6.12. The van der Waals surface area contributed by atoms with E-state index in [-0.39, 0.29) is 24.1 Å². The molecule has 0 saturated heterocycles. The average Bonchev–Trinajstić information content (AvgIpc) is 2.94. The van der Waals surface area contributed by atoms with Crippen LogP contribution in [0.2, 0.25) is 0 Å². The highest BCUT2D eigenvalue weighted by atomic mass is 16.5. The van der Waals surface area contributed by atoms with Crippen molar-refractivity contribution in [2.24, 2.45) is 10.9 Å². The first-order valence-corrected chi connectivity index (χ1v) is 13.5. The Labute approximate surface area is 229 Å². The summed E-state index contributed by atoms with van der Waals surface area (Å²) in [7, 11) is 0. The lowest BCUT2D eigenvalue weighted by molar-refractivity contribution is -0.139. The molecule has 0 bridgehead atoms. The number of benzene rings is 3. The van der Waals surface area contributed by atoms with E-state index in [0.29, 0.717) is 42.9 Å². The number of nitrogens with zero attached hydrogens (tertiary/aromatic N) is 1. The van der Waals surface area contributed by atoms with Crippen molar-refractivity contribution in [1.29, 1.82) is 0 Å². The van der Waals surface area contributed by atoms with Crippen molar-refractivity contribution in [3.8, 4) is 11.5 Å². The van der Waals surface area contributed by atoms with E-state index >= 15 is 0 Å². The second-order valence-corrected chi connectivity index (χ2v) is 10.1. The molecule has 1 fully saturated rings. The molecule has 0 spiro atoms. The maximum Gasteiger partial charge on any atom is 0.336 e. The number of allylic oxidation sites excluding steroid dienone is 1. The van der Waals surface area contributed by atoms with Gasteiger partial charge in [0.15, 0.2) is 11.5 Å². The normalized spacial score (nSPS) is 20.7. The largest absolute Gasteiger partial charge is 0.504 e. The smallest absolute Gasteiger partial charge is 0.336 e. The van der Waals surface area contributed by atoms with Crippen molar-refractivity contribution in [1.82, 2.24) is 0 Å². The number of aliphatic imine (C=N–C) groups is 1. The predicted octanol–water partition coefficient (Wildman–Crippen LogP) is 6.15. The molecule has 1 heterocycles. The minimum atomic E-state index is -0.579. The molecule has 6 heteroatoms. The molecule has 1 unspecified atom stereocenters. The number of carbonyl (C=O) groups excluding carboxylic acids is 2. The molecule has 6 nitrogen and oxygen atoms in total. The van der Waals surface area contributed by atoms with Crippen molar-refractivity contribution in [3.05, 3.63) is 107 Å². The van der Waals surface area contributed by atoms with Crippen molar-refractivity contribution < 1.29 is 24.2 Å². The van der Waals surface area contributed by atoms with Crippen LogP contribution in [0, 0.1) is 5.92 Å². The monoisotopic (exact) mass is 523 g/mol. The third kappa shape index (κ3) is 5.65. The van der Waals surface area contributed by atoms with E-state index in [4.69, 9.17) is 14.5 Å². The highest BCUT2D eigenvalue weighted by Gasteiger charge is 2.46. The van der Waals surface area contributed by atoms with Gasteiger partial charge >= 0.3 is 5.97 Å². The molecule has 0 radical (unpaired) electrons. The molecule has 200 valence electrons. The van der Waals surface area contributed by atoms with Gasteiger partial charge in [0.05, 0.1) is 24.7 Å². The fraction of sp³-hybridized carbons (Fsp3) is 0.303. The summed E-state index contributed by atoms with van der Waals surface area (Å²) in [5.41, 5.74) is 4.63. The first kappa shape index (κ1) is 26.4. The van der Waals surface area contributed by atoms with Crippen molar-refractivity contribution in [3.63, 3.8) is 0 Å². The molecule has 3 atom stereocenters. The van der Waals surface area contributed by atoms with Crippen LogP contribution in [0.1, 0.15) is 55.2 Å². The molecule has 5 rings (SSSR count). The van der Waals surface area contributed by atoms with Crippen LogP contribution < -0.4 is 4.74 Å². The standard InChI is InChI=1S/C33H33NO5/c1-3-38-29-20-24(14-15-27(29)35)31-30(33(37)39-17-16-22-10-6-4-7-11-22)21(2)34-26-18-25(19-28(36)32(26)31)23-12-8-5-9-13-23/h4-15,20,25,31-32,35H,3,16-19H2,1-2H3/t25-,31-,32?/m1/s1. The summed E-state index contributed by atoms with van der Waals surface area (Å²) in [5.74, 6) is -1.21. The van der Waals surface area contributed by atoms with Crippen molar-refractivity contribution >= 4 is 17.5 Å². The van der Waals surface area contributed by atoms with Gasteiger partial charge in [-0.1, -0.05) is 66.7 Å². The van der Waals surface area contributed by atoms with Crippen molar-refractivity contribution in [2.75, 3.05) is 13.2 Å². The number of Topliss-reactive ketones (excluding diaryl/α,β-unsaturated/α-hetero) is 1. The number of phenolic OH excluding ortho intramolecular Hbond substituents is 1. The van der Waals surface area contributed by atoms with Gasteiger partial charge in [-0.25, -0.2) is 4.79 Å². The van der Waals surface area contributed by atoms with Crippen LogP contribution in [-0.4, -0.2) is 35.8 Å². The first-order chi connectivity index (χ1) is 19.0. The minimum Gasteiger partial charge on any atom is -0.504 e. The average molecular weight is 524 g/mol. The van der Waals surface area contributed by atoms with Gasteiger partial charge in [0.1, 0.15) is 5.78 Å². The summed E-state index contributed by atoms with van der Waals surface area (Å²) in [4.78, 5) is 32.2. The molecule has 39 heavy (non-hydrogen) atoms. The van der Waals surface area contributed by atoms with Crippen LogP contribution in [0.15, 0.2) is 95.1 Å². The molecule has 1 N–H and O–H groups in total. The zero-order valence-electron chi connectivity index (χ0n) is 22.3. The maximum absolute atomic E-state index is 13.8. The van der Waals surface area contributed by atoms with Gasteiger partial charge in [0, 0.05) is 30.2 Å². The Morgan fingerprint density at radius 3 is 2.38 bits per heavy atom. The van der Waals surface area contributed by atoms with E-state index < -0.39 is 17.8 Å². The van der Waals surface area contributed by atoms with E-state index in [9.17, 15) is 14.7 Å². The maximum atomic E-state index is 13.8. The van der Waals surface area contributed by atoms with E-state index in [1.54, 1.807) is 18.2 Å². The number of esters is 1. The summed E-state index contributed by atoms with van der Waals surface area (Å²) in [6.45, 7) is 4.24. The second-order valence-electron chi connectivity index (χ2n) is 10.1. The van der Waals surface area contributed by atoms with E-state index in [1.165, 1.54) is 0 Å². The number of rotatable bonds is 8. The van der Waals surface area contributed by atoms with E-state index in [0.717, 1.165) is 22.4 Å². The van der Waals surface area contributed by atoms with Gasteiger partial charge in [-0.05, 0) is 55.0 Å². The number of aromatic hydroxyl groups is 1. The van der Waals surface area contributed by atoms with E-state index in [2.05, 4.69) is 0 Å². The third-order valence-electron chi connectivity index (χ3n) is 7.55. The van der Waals surface area contributed by atoms with Gasteiger partial charge < -0.3 is 14.6 Å². The van der Waals surface area contributed by atoms with Crippen LogP contribution >= 0.6 is 0 Å². The molecule has 1 saturated carbocycles. The number of fused-ring (bicyclic) bond motifs is 1. The van der Waals surface area contributed by atoms with Gasteiger partial charge in [0.2, 0.25) is 0 Å². The number of phenols is 1. The molecule has 1 aliphatic carbocycles. The Balaban J connectivity index is 1.50. The van der Waals surface area contributed by atoms with E-state index in [1.807, 2.05) is 74.5 Å². The van der Waals surface area contributed by atoms with Crippen LogP contribution in [0.5, 0.6) is 11.5 Å². The quantitative estimate of drug-likeness (QED) is 0.358. The summed E-state index contributed by atoms with van der Waals surface area (Å²) < 4.78 is 11.4. The number of ketones is 1. The second kappa shape index (κ2) is 11.7. The lowest BCUT2D eigenvalue weighted by Gasteiger charge is -2.38. The molecule has 0 aromatic heterocycles. The van der Waals surface area contributed by atoms with Crippen LogP contribution in [0.4, 0.5) is 0 Å². The van der Waals surface area contributed by atoms with Crippen LogP contribution in [0.3, 0.4) is 0 Å². The third-order valence-corrected chi connectivity index (χ3v) is 7.55. The number of ether oxygens (including phenoxy) is 2. The Hall–Kier alpha value is -4.19. The van der Waals surface area contributed by atoms with Gasteiger partial charge in [-0.3, -0.25) is 9.79 Å².